The first-order valence-electron chi connectivity index (χ1n) is 8.23. The van der Waals surface area contributed by atoms with E-state index in [2.05, 4.69) is 0 Å². The van der Waals surface area contributed by atoms with Crippen molar-refractivity contribution in [3.8, 4) is 28.0 Å². The third-order valence-electron chi connectivity index (χ3n) is 4.38. The van der Waals surface area contributed by atoms with Crippen LogP contribution in [0.3, 0.4) is 0 Å². The molecular weight excluding hydrogens is 323 g/mol. The summed E-state index contributed by atoms with van der Waals surface area (Å²) < 4.78 is 10.9. The Kier molecular flexibility index (Phi) is 4.09. The smallest absolute Gasteiger partial charge is 0.344 e. The molecule has 3 nitrogen and oxygen atoms in total. The molecule has 26 heavy (non-hydrogen) atoms. The Hall–Kier alpha value is -3.27. The number of hydrogen-bond donors (Lipinski definition) is 0. The van der Waals surface area contributed by atoms with Crippen molar-refractivity contribution in [2.45, 2.75) is 0 Å². The summed E-state index contributed by atoms with van der Waals surface area (Å²) in [5.41, 5.74) is 3.82. The molecule has 2 radical (unpaired) electrons. The molecule has 3 aromatic carbocycles. The summed E-state index contributed by atoms with van der Waals surface area (Å²) in [7, 11) is 7.38. The van der Waals surface area contributed by atoms with Crippen molar-refractivity contribution in [1.82, 2.24) is 0 Å². The molecule has 0 aliphatic rings. The Bertz CT molecular complexity index is 1130. The highest BCUT2D eigenvalue weighted by molar-refractivity contribution is 6.32. The van der Waals surface area contributed by atoms with E-state index in [4.69, 9.17) is 17.0 Å². The monoisotopic (exact) mass is 338 g/mol. The van der Waals surface area contributed by atoms with Crippen LogP contribution in [0.4, 0.5) is 0 Å². The molecule has 1 heterocycles. The zero-order valence-corrected chi connectivity index (χ0v) is 14.2. The van der Waals surface area contributed by atoms with Gasteiger partial charge in [0.05, 0.1) is 12.7 Å². The Morgan fingerprint density at radius 2 is 1.54 bits per heavy atom. The first-order chi connectivity index (χ1) is 12.7. The highest BCUT2D eigenvalue weighted by Gasteiger charge is 2.18. The minimum atomic E-state index is -0.394. The van der Waals surface area contributed by atoms with Crippen molar-refractivity contribution in [3.63, 3.8) is 0 Å². The second-order valence-electron chi connectivity index (χ2n) is 5.99. The minimum absolute atomic E-state index is 0.394. The molecular formula is C22H15BO3. The maximum Gasteiger partial charge on any atom is 0.344 e. The van der Waals surface area contributed by atoms with Gasteiger partial charge in [-0.3, -0.25) is 0 Å². The molecule has 0 N–H and O–H groups in total. The van der Waals surface area contributed by atoms with Crippen LogP contribution >= 0.6 is 0 Å². The van der Waals surface area contributed by atoms with Gasteiger partial charge in [0.15, 0.2) is 0 Å². The molecule has 4 aromatic rings. The maximum atomic E-state index is 12.9. The fraction of sp³-hybridized carbons (Fsp3) is 0.0455. The van der Waals surface area contributed by atoms with Gasteiger partial charge >= 0.3 is 5.63 Å². The SMILES string of the molecule is [B]c1ccc(-c2c(-c3ccccc3)c3ccc(OC)cc3oc2=O)cc1. The molecule has 1 aromatic heterocycles. The predicted molar refractivity (Wildman–Crippen MR) is 105 cm³/mol. The summed E-state index contributed by atoms with van der Waals surface area (Å²) in [5, 5.41) is 0.850. The topological polar surface area (TPSA) is 39.4 Å². The zero-order valence-electron chi connectivity index (χ0n) is 14.2. The molecule has 0 aliphatic heterocycles. The molecule has 0 saturated heterocycles. The number of benzene rings is 3. The molecule has 4 heteroatoms. The van der Waals surface area contributed by atoms with Crippen molar-refractivity contribution in [2.75, 3.05) is 7.11 Å². The summed E-state index contributed by atoms with van der Waals surface area (Å²) in [4.78, 5) is 12.9. The molecule has 0 unspecified atom stereocenters. The van der Waals surface area contributed by atoms with Crippen LogP contribution in [-0.4, -0.2) is 15.0 Å². The predicted octanol–water partition coefficient (Wildman–Crippen LogP) is 3.93. The summed E-state index contributed by atoms with van der Waals surface area (Å²) >= 11 is 0. The van der Waals surface area contributed by atoms with Gasteiger partial charge in [0.1, 0.15) is 19.2 Å². The van der Waals surface area contributed by atoms with Gasteiger partial charge in [-0.1, -0.05) is 60.1 Å². The molecule has 124 valence electrons. The summed E-state index contributed by atoms with van der Waals surface area (Å²) in [6, 6.07) is 22.6. The Balaban J connectivity index is 2.12. The Morgan fingerprint density at radius 1 is 0.846 bits per heavy atom. The van der Waals surface area contributed by atoms with Crippen LogP contribution in [0.15, 0.2) is 82.0 Å². The van der Waals surface area contributed by atoms with E-state index in [9.17, 15) is 4.79 Å². The number of ether oxygens (including phenoxy) is 1. The molecule has 0 amide bonds. The van der Waals surface area contributed by atoms with Gasteiger partial charge in [0, 0.05) is 17.0 Å². The van der Waals surface area contributed by atoms with E-state index in [1.165, 1.54) is 0 Å². The highest BCUT2D eigenvalue weighted by Crippen LogP contribution is 2.36. The normalized spacial score (nSPS) is 10.8. The van der Waals surface area contributed by atoms with E-state index in [1.807, 2.05) is 54.6 Å². The van der Waals surface area contributed by atoms with Crippen LogP contribution in [0.1, 0.15) is 0 Å². The number of hydrogen-bond acceptors (Lipinski definition) is 3. The zero-order chi connectivity index (χ0) is 18.1. The van der Waals surface area contributed by atoms with Gasteiger partial charge in [-0.2, -0.15) is 0 Å². The van der Waals surface area contributed by atoms with Crippen molar-refractivity contribution in [1.29, 1.82) is 0 Å². The number of fused-ring (bicyclic) bond motifs is 1. The van der Waals surface area contributed by atoms with Crippen LogP contribution in [0.25, 0.3) is 33.2 Å². The third-order valence-corrected chi connectivity index (χ3v) is 4.38. The second kappa shape index (κ2) is 6.56. The average molecular weight is 338 g/mol. The second-order valence-corrected chi connectivity index (χ2v) is 5.99. The fourth-order valence-electron chi connectivity index (χ4n) is 3.12. The van der Waals surface area contributed by atoms with Crippen LogP contribution in [0.2, 0.25) is 0 Å². The van der Waals surface area contributed by atoms with E-state index in [1.54, 1.807) is 25.3 Å². The van der Waals surface area contributed by atoms with Gasteiger partial charge in [-0.25, -0.2) is 4.79 Å². The first-order valence-corrected chi connectivity index (χ1v) is 8.23. The quantitative estimate of drug-likeness (QED) is 0.420. The maximum absolute atomic E-state index is 12.9. The van der Waals surface area contributed by atoms with E-state index in [0.717, 1.165) is 22.1 Å². The molecule has 0 saturated carbocycles. The van der Waals surface area contributed by atoms with Crippen LogP contribution in [0, 0.1) is 0 Å². The highest BCUT2D eigenvalue weighted by atomic mass is 16.5. The van der Waals surface area contributed by atoms with Gasteiger partial charge in [-0.05, 0) is 23.3 Å². The summed E-state index contributed by atoms with van der Waals surface area (Å²) in [5.74, 6) is 0.639. The number of rotatable bonds is 3. The average Bonchev–Trinajstić information content (AvgIpc) is 2.68. The molecule has 4 rings (SSSR count). The van der Waals surface area contributed by atoms with Crippen molar-refractivity contribution >= 4 is 24.3 Å². The molecule has 0 bridgehead atoms. The van der Waals surface area contributed by atoms with Crippen LogP contribution < -0.4 is 15.8 Å². The Morgan fingerprint density at radius 3 is 2.23 bits per heavy atom. The van der Waals surface area contributed by atoms with Gasteiger partial charge < -0.3 is 9.15 Å². The lowest BCUT2D eigenvalue weighted by atomic mass is 9.90. The van der Waals surface area contributed by atoms with Crippen molar-refractivity contribution in [2.24, 2.45) is 0 Å². The van der Waals surface area contributed by atoms with E-state index < -0.39 is 5.63 Å². The number of methoxy groups -OCH3 is 1. The lowest BCUT2D eigenvalue weighted by Gasteiger charge is -2.13. The summed E-state index contributed by atoms with van der Waals surface area (Å²) in [6.07, 6.45) is 0. The van der Waals surface area contributed by atoms with E-state index >= 15 is 0 Å². The van der Waals surface area contributed by atoms with Crippen LogP contribution in [0.5, 0.6) is 5.75 Å². The Labute approximate surface area is 152 Å². The van der Waals surface area contributed by atoms with E-state index in [-0.39, 0.29) is 0 Å². The van der Waals surface area contributed by atoms with Crippen molar-refractivity contribution < 1.29 is 9.15 Å². The van der Waals surface area contributed by atoms with Crippen LogP contribution in [-0.2, 0) is 0 Å². The fourth-order valence-corrected chi connectivity index (χ4v) is 3.12. The third kappa shape index (κ3) is 2.80. The van der Waals surface area contributed by atoms with E-state index in [0.29, 0.717) is 22.4 Å². The lowest BCUT2D eigenvalue weighted by molar-refractivity contribution is 0.414. The molecule has 0 spiro atoms. The molecule has 0 aliphatic carbocycles. The summed E-state index contributed by atoms with van der Waals surface area (Å²) in [6.45, 7) is 0. The standard InChI is InChI=1S/C22H15BO3/c1-25-17-11-12-18-19(13-17)26-22(24)21(15-7-9-16(23)10-8-15)20(18)14-5-3-2-4-6-14/h2-13H,1H3. The van der Waals surface area contributed by atoms with Gasteiger partial charge in [0.25, 0.3) is 0 Å². The lowest BCUT2D eigenvalue weighted by Crippen LogP contribution is -2.07. The first kappa shape index (κ1) is 16.2. The molecule has 0 fully saturated rings. The van der Waals surface area contributed by atoms with Crippen molar-refractivity contribution in [3.05, 3.63) is 83.2 Å². The van der Waals surface area contributed by atoms with Gasteiger partial charge in [-0.15, -0.1) is 0 Å². The molecule has 0 atom stereocenters. The van der Waals surface area contributed by atoms with Gasteiger partial charge in [0.2, 0.25) is 0 Å². The minimum Gasteiger partial charge on any atom is -0.497 e. The largest absolute Gasteiger partial charge is 0.497 e.